The number of hydrogen-bond acceptors (Lipinski definition) is 4. The highest BCUT2D eigenvalue weighted by atomic mass is 16.5. The summed E-state index contributed by atoms with van der Waals surface area (Å²) in [5, 5.41) is 3.22. The Labute approximate surface area is 179 Å². The summed E-state index contributed by atoms with van der Waals surface area (Å²) < 4.78 is 10.9. The zero-order valence-electron chi connectivity index (χ0n) is 17.9. The van der Waals surface area contributed by atoms with Crippen molar-refractivity contribution in [1.29, 1.82) is 0 Å². The van der Waals surface area contributed by atoms with Crippen LogP contribution >= 0.6 is 0 Å². The molecule has 2 saturated heterocycles. The van der Waals surface area contributed by atoms with Gasteiger partial charge in [0, 0.05) is 38.5 Å². The Morgan fingerprint density at radius 1 is 1.07 bits per heavy atom. The van der Waals surface area contributed by atoms with Crippen molar-refractivity contribution >= 4 is 11.6 Å². The van der Waals surface area contributed by atoms with Crippen LogP contribution in [0, 0.1) is 0 Å². The van der Waals surface area contributed by atoms with Crippen LogP contribution in [0.5, 0.6) is 5.75 Å². The van der Waals surface area contributed by atoms with E-state index in [2.05, 4.69) is 34.5 Å². The predicted molar refractivity (Wildman–Crippen MR) is 119 cm³/mol. The molecule has 0 saturated carbocycles. The second kappa shape index (κ2) is 9.52. The van der Waals surface area contributed by atoms with Crippen molar-refractivity contribution in [3.05, 3.63) is 59.7 Å². The van der Waals surface area contributed by atoms with Crippen molar-refractivity contribution in [2.45, 2.75) is 44.1 Å². The molecule has 2 aromatic carbocycles. The van der Waals surface area contributed by atoms with Gasteiger partial charge in [-0.3, -0.25) is 4.79 Å². The first-order valence-electron chi connectivity index (χ1n) is 11.1. The molecule has 0 bridgehead atoms. The molecule has 1 amide bonds. The standard InChI is InChI=1S/C25H32N2O3/c1-29-23-10-8-21(9-11-23)25(12-16-30-17-13-25)24(28)26-19-20-6-5-7-22(18-20)27-14-3-2-4-15-27/h5-11,18H,2-4,12-17,19H2,1H3,(H,26,28). The molecule has 5 heteroatoms. The Hall–Kier alpha value is -2.53. The molecule has 0 unspecified atom stereocenters. The average molecular weight is 409 g/mol. The van der Waals surface area contributed by atoms with E-state index in [1.807, 2.05) is 24.3 Å². The molecule has 5 nitrogen and oxygen atoms in total. The van der Waals surface area contributed by atoms with Crippen molar-refractivity contribution < 1.29 is 14.3 Å². The predicted octanol–water partition coefficient (Wildman–Crippen LogP) is 4.05. The van der Waals surface area contributed by atoms with Gasteiger partial charge >= 0.3 is 0 Å². The van der Waals surface area contributed by atoms with Gasteiger partial charge in [-0.15, -0.1) is 0 Å². The molecular weight excluding hydrogens is 376 g/mol. The molecule has 2 aromatic rings. The molecule has 0 atom stereocenters. The number of benzene rings is 2. The molecule has 0 spiro atoms. The highest BCUT2D eigenvalue weighted by Crippen LogP contribution is 2.36. The lowest BCUT2D eigenvalue weighted by Gasteiger charge is -2.36. The number of ether oxygens (including phenoxy) is 2. The number of nitrogens with one attached hydrogen (secondary N) is 1. The van der Waals surface area contributed by atoms with Crippen molar-refractivity contribution in [3.8, 4) is 5.75 Å². The number of carbonyl (C=O) groups is 1. The number of carbonyl (C=O) groups excluding carboxylic acids is 1. The normalized spacial score (nSPS) is 18.6. The summed E-state index contributed by atoms with van der Waals surface area (Å²) in [4.78, 5) is 15.9. The molecule has 4 rings (SSSR count). The summed E-state index contributed by atoms with van der Waals surface area (Å²) in [6.45, 7) is 3.99. The second-order valence-corrected chi connectivity index (χ2v) is 8.32. The summed E-state index contributed by atoms with van der Waals surface area (Å²) in [6.07, 6.45) is 5.22. The quantitative estimate of drug-likeness (QED) is 0.783. The minimum atomic E-state index is -0.547. The minimum Gasteiger partial charge on any atom is -0.497 e. The fraction of sp³-hybridized carbons (Fsp3) is 0.480. The summed E-state index contributed by atoms with van der Waals surface area (Å²) in [6, 6.07) is 16.5. The van der Waals surface area contributed by atoms with E-state index in [-0.39, 0.29) is 5.91 Å². The lowest BCUT2D eigenvalue weighted by atomic mass is 9.73. The molecule has 0 aromatic heterocycles. The van der Waals surface area contributed by atoms with Crippen LogP contribution in [0.1, 0.15) is 43.2 Å². The van der Waals surface area contributed by atoms with E-state index in [1.165, 1.54) is 24.9 Å². The van der Waals surface area contributed by atoms with E-state index in [0.29, 0.717) is 32.6 Å². The monoisotopic (exact) mass is 408 g/mol. The zero-order valence-corrected chi connectivity index (χ0v) is 17.9. The van der Waals surface area contributed by atoms with Crippen molar-refractivity contribution in [3.63, 3.8) is 0 Å². The third kappa shape index (κ3) is 4.46. The molecular formula is C25H32N2O3. The van der Waals surface area contributed by atoms with Gasteiger partial charge in [0.2, 0.25) is 5.91 Å². The SMILES string of the molecule is COc1ccc(C2(C(=O)NCc3cccc(N4CCCCC4)c3)CCOCC2)cc1. The zero-order chi connectivity index (χ0) is 20.8. The molecule has 2 aliphatic heterocycles. The highest BCUT2D eigenvalue weighted by Gasteiger charge is 2.41. The van der Waals surface area contributed by atoms with Gasteiger partial charge in [0.05, 0.1) is 12.5 Å². The van der Waals surface area contributed by atoms with E-state index >= 15 is 0 Å². The molecule has 0 aliphatic carbocycles. The first kappa shape index (κ1) is 20.7. The highest BCUT2D eigenvalue weighted by molar-refractivity contribution is 5.88. The van der Waals surface area contributed by atoms with Crippen molar-refractivity contribution in [1.82, 2.24) is 5.32 Å². The number of nitrogens with zero attached hydrogens (tertiary/aromatic N) is 1. The molecule has 160 valence electrons. The van der Waals surface area contributed by atoms with Gasteiger partial charge in [0.25, 0.3) is 0 Å². The maximum atomic E-state index is 13.4. The van der Waals surface area contributed by atoms with Gasteiger partial charge in [0.1, 0.15) is 5.75 Å². The van der Waals surface area contributed by atoms with Gasteiger partial charge < -0.3 is 19.7 Å². The number of methoxy groups -OCH3 is 1. The van der Waals surface area contributed by atoms with Crippen molar-refractivity contribution in [2.24, 2.45) is 0 Å². The van der Waals surface area contributed by atoms with E-state index < -0.39 is 5.41 Å². The summed E-state index contributed by atoms with van der Waals surface area (Å²) >= 11 is 0. The van der Waals surface area contributed by atoms with Crippen LogP contribution < -0.4 is 15.0 Å². The number of hydrogen-bond donors (Lipinski definition) is 1. The smallest absolute Gasteiger partial charge is 0.231 e. The molecule has 2 fully saturated rings. The Morgan fingerprint density at radius 2 is 1.80 bits per heavy atom. The Balaban J connectivity index is 1.48. The molecule has 2 aliphatic rings. The maximum Gasteiger partial charge on any atom is 0.231 e. The van der Waals surface area contributed by atoms with Gasteiger partial charge in [-0.05, 0) is 67.5 Å². The molecule has 1 N–H and O–H groups in total. The first-order valence-corrected chi connectivity index (χ1v) is 11.1. The summed E-state index contributed by atoms with van der Waals surface area (Å²) in [7, 11) is 1.66. The third-order valence-corrected chi connectivity index (χ3v) is 6.51. The number of rotatable bonds is 6. The summed E-state index contributed by atoms with van der Waals surface area (Å²) in [5.41, 5.74) is 2.89. The number of piperidine rings is 1. The van der Waals surface area contributed by atoms with Gasteiger partial charge in [0.15, 0.2) is 0 Å². The Bertz CT molecular complexity index is 838. The first-order chi connectivity index (χ1) is 14.7. The van der Waals surface area contributed by atoms with E-state index in [4.69, 9.17) is 9.47 Å². The van der Waals surface area contributed by atoms with Crippen LogP contribution in [0.4, 0.5) is 5.69 Å². The van der Waals surface area contributed by atoms with Crippen LogP contribution in [0.15, 0.2) is 48.5 Å². The van der Waals surface area contributed by atoms with Crippen molar-refractivity contribution in [2.75, 3.05) is 38.3 Å². The lowest BCUT2D eigenvalue weighted by molar-refractivity contribution is -0.130. The lowest BCUT2D eigenvalue weighted by Crippen LogP contribution is -2.47. The van der Waals surface area contributed by atoms with Crippen LogP contribution in [-0.4, -0.2) is 39.3 Å². The van der Waals surface area contributed by atoms with Gasteiger partial charge in [-0.1, -0.05) is 24.3 Å². The number of anilines is 1. The van der Waals surface area contributed by atoms with Gasteiger partial charge in [-0.2, -0.15) is 0 Å². The summed E-state index contributed by atoms with van der Waals surface area (Å²) in [5.74, 6) is 0.884. The fourth-order valence-corrected chi connectivity index (χ4v) is 4.64. The second-order valence-electron chi connectivity index (χ2n) is 8.32. The van der Waals surface area contributed by atoms with E-state index in [1.54, 1.807) is 7.11 Å². The largest absolute Gasteiger partial charge is 0.497 e. The van der Waals surface area contributed by atoms with Crippen LogP contribution in [0.3, 0.4) is 0 Å². The number of amides is 1. The maximum absolute atomic E-state index is 13.4. The topological polar surface area (TPSA) is 50.8 Å². The van der Waals surface area contributed by atoms with Crippen LogP contribution in [-0.2, 0) is 21.5 Å². The van der Waals surface area contributed by atoms with Crippen LogP contribution in [0.2, 0.25) is 0 Å². The molecule has 30 heavy (non-hydrogen) atoms. The fourth-order valence-electron chi connectivity index (χ4n) is 4.64. The Kier molecular flexibility index (Phi) is 6.58. The average Bonchev–Trinajstić information content (AvgIpc) is 2.83. The van der Waals surface area contributed by atoms with Crippen LogP contribution in [0.25, 0.3) is 0 Å². The Morgan fingerprint density at radius 3 is 2.50 bits per heavy atom. The molecule has 2 heterocycles. The van der Waals surface area contributed by atoms with Gasteiger partial charge in [-0.25, -0.2) is 0 Å². The minimum absolute atomic E-state index is 0.0827. The third-order valence-electron chi connectivity index (χ3n) is 6.51. The molecule has 0 radical (unpaired) electrons. The van der Waals surface area contributed by atoms with E-state index in [0.717, 1.165) is 30.0 Å². The van der Waals surface area contributed by atoms with E-state index in [9.17, 15) is 4.79 Å².